The van der Waals surface area contributed by atoms with Gasteiger partial charge in [-0.15, -0.1) is 0 Å². The van der Waals surface area contributed by atoms with E-state index in [1.165, 1.54) is 0 Å². The maximum atomic E-state index is 12.2. The van der Waals surface area contributed by atoms with Gasteiger partial charge in [0.15, 0.2) is 0 Å². The van der Waals surface area contributed by atoms with E-state index >= 15 is 0 Å². The first-order valence-electron chi connectivity index (χ1n) is 8.84. The van der Waals surface area contributed by atoms with E-state index < -0.39 is 11.8 Å². The maximum Gasteiger partial charge on any atom is 0.275 e. The second kappa shape index (κ2) is 7.71. The minimum absolute atomic E-state index is 0.210. The highest BCUT2D eigenvalue weighted by Crippen LogP contribution is 2.27. The molecule has 0 aliphatic carbocycles. The molecule has 0 aromatic heterocycles. The molecule has 3 aromatic rings. The SMILES string of the molecule is N#Cc1ccc(Oc2ccc(NC3=C(c4ccccc4)C(=O)NC3=O)cc2)cc1. The average Bonchev–Trinajstić information content (AvgIpc) is 3.03. The van der Waals surface area contributed by atoms with Gasteiger partial charge < -0.3 is 10.1 Å². The number of nitrogens with one attached hydrogen (secondary N) is 2. The van der Waals surface area contributed by atoms with Crippen molar-refractivity contribution in [3.63, 3.8) is 0 Å². The van der Waals surface area contributed by atoms with Crippen molar-refractivity contribution in [3.05, 3.63) is 95.7 Å². The van der Waals surface area contributed by atoms with Gasteiger partial charge in [0.1, 0.15) is 17.2 Å². The van der Waals surface area contributed by atoms with E-state index in [9.17, 15) is 9.59 Å². The molecule has 0 bridgehead atoms. The molecule has 0 saturated carbocycles. The molecule has 4 rings (SSSR count). The Morgan fingerprint density at radius 1 is 0.793 bits per heavy atom. The van der Waals surface area contributed by atoms with Crippen LogP contribution in [0.25, 0.3) is 5.57 Å². The molecular weight excluding hydrogens is 366 g/mol. The second-order valence-electron chi connectivity index (χ2n) is 6.29. The van der Waals surface area contributed by atoms with Crippen molar-refractivity contribution >= 4 is 23.1 Å². The summed E-state index contributed by atoms with van der Waals surface area (Å²) >= 11 is 0. The lowest BCUT2D eigenvalue weighted by Gasteiger charge is -2.10. The van der Waals surface area contributed by atoms with Gasteiger partial charge in [-0.3, -0.25) is 14.9 Å². The molecule has 1 aliphatic rings. The fourth-order valence-corrected chi connectivity index (χ4v) is 2.94. The number of nitriles is 1. The lowest BCUT2D eigenvalue weighted by atomic mass is 10.0. The van der Waals surface area contributed by atoms with Crippen molar-refractivity contribution in [1.82, 2.24) is 5.32 Å². The first kappa shape index (κ1) is 18.0. The van der Waals surface area contributed by atoms with Crippen molar-refractivity contribution in [1.29, 1.82) is 5.26 Å². The third-order valence-corrected chi connectivity index (χ3v) is 4.34. The summed E-state index contributed by atoms with van der Waals surface area (Å²) in [5.74, 6) is 0.320. The van der Waals surface area contributed by atoms with Crippen molar-refractivity contribution < 1.29 is 14.3 Å². The number of carbonyl (C=O) groups is 2. The third kappa shape index (κ3) is 3.84. The van der Waals surface area contributed by atoms with Crippen LogP contribution in [0.2, 0.25) is 0 Å². The number of hydrogen-bond acceptors (Lipinski definition) is 5. The van der Waals surface area contributed by atoms with Crippen molar-refractivity contribution in [2.75, 3.05) is 5.32 Å². The molecule has 1 heterocycles. The topological polar surface area (TPSA) is 91.2 Å². The highest BCUT2D eigenvalue weighted by atomic mass is 16.5. The summed E-state index contributed by atoms with van der Waals surface area (Å²) in [6, 6.07) is 24.9. The van der Waals surface area contributed by atoms with Crippen molar-refractivity contribution in [2.45, 2.75) is 0 Å². The van der Waals surface area contributed by atoms with Crippen LogP contribution in [0.3, 0.4) is 0 Å². The van der Waals surface area contributed by atoms with Crippen LogP contribution in [-0.2, 0) is 9.59 Å². The Morgan fingerprint density at radius 2 is 1.41 bits per heavy atom. The zero-order valence-electron chi connectivity index (χ0n) is 15.2. The van der Waals surface area contributed by atoms with Gasteiger partial charge in [-0.05, 0) is 54.1 Å². The van der Waals surface area contributed by atoms with Crippen LogP contribution in [0, 0.1) is 11.3 Å². The lowest BCUT2D eigenvalue weighted by Crippen LogP contribution is -2.24. The predicted molar refractivity (Wildman–Crippen MR) is 108 cm³/mol. The van der Waals surface area contributed by atoms with Gasteiger partial charge in [0.05, 0.1) is 17.2 Å². The Kier molecular flexibility index (Phi) is 4.79. The fourth-order valence-electron chi connectivity index (χ4n) is 2.94. The molecule has 0 atom stereocenters. The Hall–Kier alpha value is -4.37. The first-order chi connectivity index (χ1) is 14.1. The maximum absolute atomic E-state index is 12.2. The number of anilines is 1. The van der Waals surface area contributed by atoms with Crippen LogP contribution < -0.4 is 15.4 Å². The molecule has 0 radical (unpaired) electrons. The average molecular weight is 381 g/mol. The highest BCUT2D eigenvalue weighted by molar-refractivity contribution is 6.36. The van der Waals surface area contributed by atoms with E-state index in [4.69, 9.17) is 10.00 Å². The molecule has 1 aliphatic heterocycles. The van der Waals surface area contributed by atoms with E-state index in [2.05, 4.69) is 16.7 Å². The molecule has 0 unspecified atom stereocenters. The van der Waals surface area contributed by atoms with E-state index in [0.29, 0.717) is 33.9 Å². The molecule has 0 fully saturated rings. The first-order valence-corrected chi connectivity index (χ1v) is 8.84. The number of carbonyl (C=O) groups excluding carboxylic acids is 2. The van der Waals surface area contributed by atoms with Crippen molar-refractivity contribution in [2.24, 2.45) is 0 Å². The van der Waals surface area contributed by atoms with Gasteiger partial charge >= 0.3 is 0 Å². The number of benzene rings is 3. The Balaban J connectivity index is 1.54. The minimum atomic E-state index is -0.466. The monoisotopic (exact) mass is 381 g/mol. The molecule has 3 aromatic carbocycles. The number of amides is 2. The largest absolute Gasteiger partial charge is 0.457 e. The summed E-state index contributed by atoms with van der Waals surface area (Å²) in [7, 11) is 0. The summed E-state index contributed by atoms with van der Waals surface area (Å²) in [4.78, 5) is 24.5. The van der Waals surface area contributed by atoms with Crippen LogP contribution in [0.15, 0.2) is 84.6 Å². The van der Waals surface area contributed by atoms with Crippen LogP contribution >= 0.6 is 0 Å². The zero-order valence-corrected chi connectivity index (χ0v) is 15.2. The number of ether oxygens (including phenoxy) is 1. The van der Waals surface area contributed by atoms with Gasteiger partial charge in [0, 0.05) is 5.69 Å². The van der Waals surface area contributed by atoms with Crippen LogP contribution in [0.1, 0.15) is 11.1 Å². The molecule has 6 heteroatoms. The summed E-state index contributed by atoms with van der Waals surface area (Å²) in [5.41, 5.74) is 2.39. The van der Waals surface area contributed by atoms with Gasteiger partial charge in [-0.1, -0.05) is 30.3 Å². The predicted octanol–water partition coefficient (Wildman–Crippen LogP) is 3.83. The summed E-state index contributed by atoms with van der Waals surface area (Å²) in [5, 5.41) is 14.2. The lowest BCUT2D eigenvalue weighted by molar-refractivity contribution is -0.123. The molecule has 29 heavy (non-hydrogen) atoms. The van der Waals surface area contributed by atoms with Gasteiger partial charge in [-0.2, -0.15) is 5.26 Å². The number of hydrogen-bond donors (Lipinski definition) is 2. The quantitative estimate of drug-likeness (QED) is 0.656. The van der Waals surface area contributed by atoms with E-state index in [-0.39, 0.29) is 5.70 Å². The standard InChI is InChI=1S/C23H15N3O3/c24-14-15-6-10-18(11-7-15)29-19-12-8-17(9-13-19)25-21-20(22(27)26-23(21)28)16-4-2-1-3-5-16/h1-13H,(H2,25,26,27,28). The Morgan fingerprint density at radius 3 is 2.03 bits per heavy atom. The fraction of sp³-hybridized carbons (Fsp3) is 0. The smallest absolute Gasteiger partial charge is 0.275 e. The third-order valence-electron chi connectivity index (χ3n) is 4.34. The molecule has 2 N–H and O–H groups in total. The second-order valence-corrected chi connectivity index (χ2v) is 6.29. The molecule has 140 valence electrons. The highest BCUT2D eigenvalue weighted by Gasteiger charge is 2.31. The molecular formula is C23H15N3O3. The van der Waals surface area contributed by atoms with Gasteiger partial charge in [0.25, 0.3) is 11.8 Å². The molecule has 0 saturated heterocycles. The Bertz CT molecular complexity index is 1140. The summed E-state index contributed by atoms with van der Waals surface area (Å²) in [6.07, 6.45) is 0. The Labute approximate surface area is 167 Å². The van der Waals surface area contributed by atoms with Gasteiger partial charge in [-0.25, -0.2) is 0 Å². The van der Waals surface area contributed by atoms with E-state index in [0.717, 1.165) is 0 Å². The number of imide groups is 1. The summed E-state index contributed by atoms with van der Waals surface area (Å²) in [6.45, 7) is 0. The van der Waals surface area contributed by atoms with Gasteiger partial charge in [0.2, 0.25) is 0 Å². The van der Waals surface area contributed by atoms with Crippen LogP contribution in [0.5, 0.6) is 11.5 Å². The number of rotatable bonds is 5. The van der Waals surface area contributed by atoms with Crippen LogP contribution in [0.4, 0.5) is 5.69 Å². The number of nitrogens with zero attached hydrogens (tertiary/aromatic N) is 1. The summed E-state index contributed by atoms with van der Waals surface area (Å²) < 4.78 is 5.75. The van der Waals surface area contributed by atoms with E-state index in [1.807, 2.05) is 18.2 Å². The molecule has 2 amide bonds. The molecule has 6 nitrogen and oxygen atoms in total. The van der Waals surface area contributed by atoms with Crippen molar-refractivity contribution in [3.8, 4) is 17.6 Å². The molecule has 0 spiro atoms. The van der Waals surface area contributed by atoms with Crippen LogP contribution in [-0.4, -0.2) is 11.8 Å². The minimum Gasteiger partial charge on any atom is -0.457 e. The normalized spacial score (nSPS) is 13.1. The zero-order chi connectivity index (χ0) is 20.2. The van der Waals surface area contributed by atoms with E-state index in [1.54, 1.807) is 60.7 Å².